The molecule has 0 spiro atoms. The van der Waals surface area contributed by atoms with Gasteiger partial charge in [0.25, 0.3) is 0 Å². The van der Waals surface area contributed by atoms with Gasteiger partial charge in [0.15, 0.2) is 0 Å². The molecule has 0 fully saturated rings. The van der Waals surface area contributed by atoms with Crippen molar-refractivity contribution >= 4 is 5.97 Å². The van der Waals surface area contributed by atoms with E-state index >= 15 is 0 Å². The second-order valence-electron chi connectivity index (χ2n) is 4.44. The Labute approximate surface area is 116 Å². The summed E-state index contributed by atoms with van der Waals surface area (Å²) in [6.45, 7) is 0. The van der Waals surface area contributed by atoms with Crippen molar-refractivity contribution in [3.05, 3.63) is 53.8 Å². The number of aliphatic carboxylic acids is 1. The molecule has 0 aliphatic rings. The molecule has 0 bridgehead atoms. The molecule has 0 amide bonds. The third kappa shape index (κ3) is 3.35. The number of ether oxygens (including phenoxy) is 1. The molecule has 2 aromatic rings. The number of rotatable bonds is 5. The Morgan fingerprint density at radius 3 is 2.50 bits per heavy atom. The normalized spacial score (nSPS) is 10.3. The first-order valence-corrected chi connectivity index (χ1v) is 6.25. The molecule has 0 saturated carbocycles. The number of benzene rings is 2. The summed E-state index contributed by atoms with van der Waals surface area (Å²) in [5.74, 6) is -0.449. The average molecular weight is 274 g/mol. The van der Waals surface area contributed by atoms with Crippen molar-refractivity contribution in [1.29, 1.82) is 0 Å². The summed E-state index contributed by atoms with van der Waals surface area (Å²) in [7, 11) is 1.57. The maximum Gasteiger partial charge on any atom is 0.303 e. The van der Waals surface area contributed by atoms with Gasteiger partial charge in [0.05, 0.1) is 7.11 Å². The molecular weight excluding hydrogens is 259 g/mol. The van der Waals surface area contributed by atoms with Gasteiger partial charge in [-0.15, -0.1) is 0 Å². The van der Waals surface area contributed by atoms with Gasteiger partial charge in [-0.25, -0.2) is 4.39 Å². The van der Waals surface area contributed by atoms with Crippen LogP contribution in [-0.4, -0.2) is 18.2 Å². The minimum atomic E-state index is -0.829. The van der Waals surface area contributed by atoms with E-state index < -0.39 is 5.97 Å². The van der Waals surface area contributed by atoms with Crippen molar-refractivity contribution < 1.29 is 19.0 Å². The summed E-state index contributed by atoms with van der Waals surface area (Å²) in [5, 5.41) is 8.73. The molecule has 20 heavy (non-hydrogen) atoms. The predicted molar refractivity (Wildman–Crippen MR) is 74.3 cm³/mol. The Bertz CT molecular complexity index is 606. The lowest BCUT2D eigenvalue weighted by molar-refractivity contribution is -0.136. The van der Waals surface area contributed by atoms with Crippen molar-refractivity contribution in [2.75, 3.05) is 7.11 Å². The summed E-state index contributed by atoms with van der Waals surface area (Å²) in [6, 6.07) is 11.7. The first-order valence-electron chi connectivity index (χ1n) is 6.25. The minimum absolute atomic E-state index is 0.0786. The molecule has 104 valence electrons. The summed E-state index contributed by atoms with van der Waals surface area (Å²) in [6.07, 6.45) is 0.530. The Morgan fingerprint density at radius 1 is 1.20 bits per heavy atom. The van der Waals surface area contributed by atoms with E-state index in [0.717, 1.165) is 16.7 Å². The van der Waals surface area contributed by atoms with Gasteiger partial charge in [-0.1, -0.05) is 18.2 Å². The van der Waals surface area contributed by atoms with Crippen LogP contribution in [0.4, 0.5) is 4.39 Å². The number of hydrogen-bond donors (Lipinski definition) is 1. The second kappa shape index (κ2) is 6.19. The smallest absolute Gasteiger partial charge is 0.303 e. The Morgan fingerprint density at radius 2 is 1.90 bits per heavy atom. The van der Waals surface area contributed by atoms with Gasteiger partial charge in [-0.2, -0.15) is 0 Å². The predicted octanol–water partition coefficient (Wildman–Crippen LogP) is 3.52. The number of carboxylic acid groups (broad SMARTS) is 1. The van der Waals surface area contributed by atoms with Crippen LogP contribution in [0.25, 0.3) is 11.1 Å². The van der Waals surface area contributed by atoms with Crippen molar-refractivity contribution in [2.45, 2.75) is 12.8 Å². The zero-order valence-electron chi connectivity index (χ0n) is 11.1. The quantitative estimate of drug-likeness (QED) is 0.907. The number of halogens is 1. The zero-order valence-corrected chi connectivity index (χ0v) is 11.1. The Hall–Kier alpha value is -2.36. The molecule has 4 heteroatoms. The van der Waals surface area contributed by atoms with E-state index in [1.807, 2.05) is 12.1 Å². The van der Waals surface area contributed by atoms with Gasteiger partial charge in [0.1, 0.15) is 11.6 Å². The van der Waals surface area contributed by atoms with Gasteiger partial charge < -0.3 is 9.84 Å². The van der Waals surface area contributed by atoms with Crippen LogP contribution in [0.3, 0.4) is 0 Å². The van der Waals surface area contributed by atoms with Crippen molar-refractivity contribution in [3.8, 4) is 16.9 Å². The number of hydrogen-bond acceptors (Lipinski definition) is 2. The van der Waals surface area contributed by atoms with E-state index in [4.69, 9.17) is 9.84 Å². The molecule has 3 nitrogen and oxygen atoms in total. The number of methoxy groups -OCH3 is 1. The van der Waals surface area contributed by atoms with E-state index in [1.54, 1.807) is 25.3 Å². The molecule has 2 aromatic carbocycles. The van der Waals surface area contributed by atoms with Crippen LogP contribution in [0, 0.1) is 5.82 Å². The lowest BCUT2D eigenvalue weighted by atomic mass is 10.00. The average Bonchev–Trinajstić information content (AvgIpc) is 2.45. The van der Waals surface area contributed by atoms with Gasteiger partial charge in [0.2, 0.25) is 0 Å². The largest absolute Gasteiger partial charge is 0.496 e. The van der Waals surface area contributed by atoms with Crippen molar-refractivity contribution in [1.82, 2.24) is 0 Å². The molecule has 0 saturated heterocycles. The molecule has 0 unspecified atom stereocenters. The summed E-state index contributed by atoms with van der Waals surface area (Å²) in [5.41, 5.74) is 2.57. The fourth-order valence-corrected chi connectivity index (χ4v) is 2.02. The van der Waals surface area contributed by atoms with Gasteiger partial charge in [-0.3, -0.25) is 4.79 Å². The highest BCUT2D eigenvalue weighted by atomic mass is 19.1. The molecule has 0 aromatic heterocycles. The maximum atomic E-state index is 13.0. The van der Waals surface area contributed by atoms with Crippen LogP contribution >= 0.6 is 0 Å². The molecule has 0 atom stereocenters. The topological polar surface area (TPSA) is 46.5 Å². The van der Waals surface area contributed by atoms with Crippen molar-refractivity contribution in [2.24, 2.45) is 0 Å². The van der Waals surface area contributed by atoms with E-state index in [-0.39, 0.29) is 12.2 Å². The monoisotopic (exact) mass is 274 g/mol. The van der Waals surface area contributed by atoms with Crippen LogP contribution in [0.5, 0.6) is 5.75 Å². The van der Waals surface area contributed by atoms with Crippen LogP contribution < -0.4 is 4.74 Å². The van der Waals surface area contributed by atoms with Crippen molar-refractivity contribution in [3.63, 3.8) is 0 Å². The second-order valence-corrected chi connectivity index (χ2v) is 4.44. The summed E-state index contributed by atoms with van der Waals surface area (Å²) in [4.78, 5) is 10.6. The fraction of sp³-hybridized carbons (Fsp3) is 0.188. The zero-order chi connectivity index (χ0) is 14.5. The highest BCUT2D eigenvalue weighted by Crippen LogP contribution is 2.31. The third-order valence-electron chi connectivity index (χ3n) is 3.05. The lowest BCUT2D eigenvalue weighted by Crippen LogP contribution is -1.98. The van der Waals surface area contributed by atoms with Crippen LogP contribution in [0.15, 0.2) is 42.5 Å². The molecule has 0 radical (unpaired) electrons. The van der Waals surface area contributed by atoms with Gasteiger partial charge in [0, 0.05) is 12.0 Å². The number of carboxylic acids is 1. The van der Waals surface area contributed by atoms with Crippen LogP contribution in [0.2, 0.25) is 0 Å². The third-order valence-corrected chi connectivity index (χ3v) is 3.05. The molecular formula is C16H15FO3. The first-order chi connectivity index (χ1) is 9.60. The number of carbonyl (C=O) groups is 1. The minimum Gasteiger partial charge on any atom is -0.496 e. The Balaban J connectivity index is 2.36. The van der Waals surface area contributed by atoms with Gasteiger partial charge >= 0.3 is 5.97 Å². The molecule has 0 heterocycles. The Kier molecular flexibility index (Phi) is 4.35. The van der Waals surface area contributed by atoms with Gasteiger partial charge in [-0.05, 0) is 41.8 Å². The number of aryl methyl sites for hydroxylation is 1. The molecule has 0 aliphatic carbocycles. The standard InChI is InChI=1S/C16H15FO3/c1-20-15-8-2-11(3-9-16(18)19)10-14(15)12-4-6-13(17)7-5-12/h2,4-8,10H,3,9H2,1H3,(H,18,19). The van der Waals surface area contributed by atoms with E-state index in [2.05, 4.69) is 0 Å². The molecule has 1 N–H and O–H groups in total. The molecule has 2 rings (SSSR count). The maximum absolute atomic E-state index is 13.0. The highest BCUT2D eigenvalue weighted by Gasteiger charge is 2.08. The SMILES string of the molecule is COc1ccc(CCC(=O)O)cc1-c1ccc(F)cc1. The first kappa shape index (κ1) is 14.1. The molecule has 0 aliphatic heterocycles. The van der Waals surface area contributed by atoms with E-state index in [1.165, 1.54) is 12.1 Å². The van der Waals surface area contributed by atoms with Crippen LogP contribution in [0.1, 0.15) is 12.0 Å². The van der Waals surface area contributed by atoms with Crippen LogP contribution in [-0.2, 0) is 11.2 Å². The summed E-state index contributed by atoms with van der Waals surface area (Å²) < 4.78 is 18.3. The highest BCUT2D eigenvalue weighted by molar-refractivity contribution is 5.72. The summed E-state index contributed by atoms with van der Waals surface area (Å²) >= 11 is 0. The lowest BCUT2D eigenvalue weighted by Gasteiger charge is -2.11. The fourth-order valence-electron chi connectivity index (χ4n) is 2.02. The van der Waals surface area contributed by atoms with E-state index in [0.29, 0.717) is 12.2 Å². The van der Waals surface area contributed by atoms with E-state index in [9.17, 15) is 9.18 Å².